The summed E-state index contributed by atoms with van der Waals surface area (Å²) >= 11 is 0. The smallest absolute Gasteiger partial charge is 0.416 e. The Labute approximate surface area is 169 Å². The van der Waals surface area contributed by atoms with Crippen LogP contribution in [0.5, 0.6) is 11.5 Å². The van der Waals surface area contributed by atoms with Crippen LogP contribution in [0.4, 0.5) is 4.79 Å². The van der Waals surface area contributed by atoms with Crippen LogP contribution in [0.2, 0.25) is 0 Å². The Morgan fingerprint density at radius 3 is 2.69 bits per heavy atom. The van der Waals surface area contributed by atoms with Crippen molar-refractivity contribution >= 4 is 12.0 Å². The molecule has 0 bridgehead atoms. The molecule has 2 aromatic rings. The minimum Gasteiger partial charge on any atom is -0.454 e. The van der Waals surface area contributed by atoms with E-state index in [1.54, 1.807) is 6.08 Å². The number of rotatable bonds is 7. The van der Waals surface area contributed by atoms with Gasteiger partial charge in [0.05, 0.1) is 6.04 Å². The molecule has 2 aliphatic heterocycles. The van der Waals surface area contributed by atoms with Gasteiger partial charge in [-0.25, -0.2) is 9.69 Å². The molecule has 0 spiro atoms. The molecule has 0 N–H and O–H groups in total. The Hall–Kier alpha value is -3.28. The van der Waals surface area contributed by atoms with Gasteiger partial charge in [0.25, 0.3) is 0 Å². The van der Waals surface area contributed by atoms with Crippen LogP contribution in [0.15, 0.2) is 61.2 Å². The molecule has 2 heterocycles. The Morgan fingerprint density at radius 1 is 1.10 bits per heavy atom. The van der Waals surface area contributed by atoms with Gasteiger partial charge in [-0.2, -0.15) is 0 Å². The first kappa shape index (κ1) is 19.1. The van der Waals surface area contributed by atoms with Crippen LogP contribution in [0.1, 0.15) is 17.5 Å². The van der Waals surface area contributed by atoms with Crippen molar-refractivity contribution in [2.45, 2.75) is 25.3 Å². The number of nitrogens with zero attached hydrogens (tertiary/aromatic N) is 1. The molecule has 0 saturated carbocycles. The number of ether oxygens (including phenoxy) is 3. The molecule has 2 amide bonds. The SMILES string of the molecule is C=CC[C@@H](Cc1ccc2c(c1)OCO2)C(=O)N1C(=O)OC[C@@H]1Cc1ccccc1. The summed E-state index contributed by atoms with van der Waals surface area (Å²) in [6.07, 6.45) is 2.65. The van der Waals surface area contributed by atoms with Gasteiger partial charge in [0.2, 0.25) is 12.7 Å². The standard InChI is InChI=1S/C23H23NO5/c1-2-6-18(11-17-9-10-20-21(13-17)29-15-28-20)22(25)24-19(14-27-23(24)26)12-16-7-4-3-5-8-16/h2-5,7-10,13,18-19H,1,6,11-12,14-15H2/t18-,19-/m0/s1. The highest BCUT2D eigenvalue weighted by molar-refractivity contribution is 5.95. The van der Waals surface area contributed by atoms with Crippen molar-refractivity contribution < 1.29 is 23.8 Å². The lowest BCUT2D eigenvalue weighted by atomic mass is 9.93. The topological polar surface area (TPSA) is 65.1 Å². The van der Waals surface area contributed by atoms with E-state index >= 15 is 0 Å². The van der Waals surface area contributed by atoms with Crippen LogP contribution in [0, 0.1) is 5.92 Å². The van der Waals surface area contributed by atoms with Gasteiger partial charge in [0, 0.05) is 5.92 Å². The molecule has 2 aromatic carbocycles. The second kappa shape index (κ2) is 8.39. The maximum Gasteiger partial charge on any atom is 0.416 e. The molecule has 29 heavy (non-hydrogen) atoms. The van der Waals surface area contributed by atoms with Crippen LogP contribution in [0.3, 0.4) is 0 Å². The zero-order valence-electron chi connectivity index (χ0n) is 16.1. The van der Waals surface area contributed by atoms with E-state index in [1.807, 2.05) is 48.5 Å². The van der Waals surface area contributed by atoms with Gasteiger partial charge in [-0.15, -0.1) is 6.58 Å². The maximum absolute atomic E-state index is 13.3. The van der Waals surface area contributed by atoms with Gasteiger partial charge in [0.15, 0.2) is 11.5 Å². The summed E-state index contributed by atoms with van der Waals surface area (Å²) in [6.45, 7) is 4.20. The van der Waals surface area contributed by atoms with Crippen LogP contribution < -0.4 is 9.47 Å². The minimum atomic E-state index is -0.573. The molecule has 0 unspecified atom stereocenters. The third-order valence-corrected chi connectivity index (χ3v) is 5.23. The summed E-state index contributed by atoms with van der Waals surface area (Å²) in [7, 11) is 0. The van der Waals surface area contributed by atoms with E-state index in [4.69, 9.17) is 14.2 Å². The number of hydrogen-bond donors (Lipinski definition) is 0. The molecule has 0 radical (unpaired) electrons. The number of cyclic esters (lactones) is 1. The molecular weight excluding hydrogens is 370 g/mol. The van der Waals surface area contributed by atoms with E-state index in [9.17, 15) is 9.59 Å². The second-order valence-corrected chi connectivity index (χ2v) is 7.24. The number of fused-ring (bicyclic) bond motifs is 1. The van der Waals surface area contributed by atoms with E-state index < -0.39 is 12.0 Å². The number of carbonyl (C=O) groups is 2. The first-order valence-corrected chi connectivity index (χ1v) is 9.69. The predicted octanol–water partition coefficient (Wildman–Crippen LogP) is 3.74. The number of carbonyl (C=O) groups excluding carboxylic acids is 2. The van der Waals surface area contributed by atoms with Gasteiger partial charge in [-0.05, 0) is 42.5 Å². The predicted molar refractivity (Wildman–Crippen MR) is 107 cm³/mol. The van der Waals surface area contributed by atoms with Crippen LogP contribution >= 0.6 is 0 Å². The molecule has 2 atom stereocenters. The second-order valence-electron chi connectivity index (χ2n) is 7.24. The summed E-state index contributed by atoms with van der Waals surface area (Å²) in [5.41, 5.74) is 2.01. The number of allylic oxidation sites excluding steroid dienone is 1. The summed E-state index contributed by atoms with van der Waals surface area (Å²) in [4.78, 5) is 26.9. The van der Waals surface area contributed by atoms with E-state index in [-0.39, 0.29) is 25.3 Å². The summed E-state index contributed by atoms with van der Waals surface area (Å²) < 4.78 is 16.0. The summed E-state index contributed by atoms with van der Waals surface area (Å²) in [5, 5.41) is 0. The Morgan fingerprint density at radius 2 is 1.90 bits per heavy atom. The fourth-order valence-corrected chi connectivity index (χ4v) is 3.79. The number of amides is 2. The zero-order chi connectivity index (χ0) is 20.2. The molecule has 150 valence electrons. The van der Waals surface area contributed by atoms with Gasteiger partial charge in [-0.3, -0.25) is 4.79 Å². The van der Waals surface area contributed by atoms with Gasteiger partial charge in [-0.1, -0.05) is 42.5 Å². The third-order valence-electron chi connectivity index (χ3n) is 5.23. The fourth-order valence-electron chi connectivity index (χ4n) is 3.79. The minimum absolute atomic E-state index is 0.203. The van der Waals surface area contributed by atoms with Crippen molar-refractivity contribution in [2.24, 2.45) is 5.92 Å². The molecule has 1 saturated heterocycles. The Bertz CT molecular complexity index is 911. The van der Waals surface area contributed by atoms with Crippen LogP contribution in [0.25, 0.3) is 0 Å². The molecular formula is C23H23NO5. The van der Waals surface area contributed by atoms with E-state index in [1.165, 1.54) is 4.90 Å². The van der Waals surface area contributed by atoms with Crippen molar-refractivity contribution in [3.63, 3.8) is 0 Å². The number of benzene rings is 2. The van der Waals surface area contributed by atoms with Crippen molar-refractivity contribution in [2.75, 3.05) is 13.4 Å². The Balaban J connectivity index is 1.51. The van der Waals surface area contributed by atoms with Crippen molar-refractivity contribution in [3.8, 4) is 11.5 Å². The summed E-state index contributed by atoms with van der Waals surface area (Å²) in [6, 6.07) is 15.1. The van der Waals surface area contributed by atoms with E-state index in [2.05, 4.69) is 6.58 Å². The highest BCUT2D eigenvalue weighted by Gasteiger charge is 2.40. The van der Waals surface area contributed by atoms with E-state index in [0.717, 1.165) is 11.1 Å². The number of hydrogen-bond acceptors (Lipinski definition) is 5. The summed E-state index contributed by atoms with van der Waals surface area (Å²) in [5.74, 6) is 0.740. The molecule has 0 aromatic heterocycles. The average Bonchev–Trinajstić information content (AvgIpc) is 3.34. The molecule has 0 aliphatic carbocycles. The molecule has 2 aliphatic rings. The molecule has 1 fully saturated rings. The van der Waals surface area contributed by atoms with Gasteiger partial charge < -0.3 is 14.2 Å². The zero-order valence-corrected chi connectivity index (χ0v) is 16.1. The lowest BCUT2D eigenvalue weighted by Crippen LogP contribution is -2.44. The highest BCUT2D eigenvalue weighted by Crippen LogP contribution is 2.34. The van der Waals surface area contributed by atoms with Crippen molar-refractivity contribution in [1.82, 2.24) is 4.90 Å². The van der Waals surface area contributed by atoms with Crippen LogP contribution in [-0.4, -0.2) is 36.3 Å². The fraction of sp³-hybridized carbons (Fsp3) is 0.304. The molecule has 6 nitrogen and oxygen atoms in total. The lowest BCUT2D eigenvalue weighted by molar-refractivity contribution is -0.133. The maximum atomic E-state index is 13.3. The van der Waals surface area contributed by atoms with Crippen molar-refractivity contribution in [1.29, 1.82) is 0 Å². The normalized spacial score (nSPS) is 18.4. The third kappa shape index (κ3) is 4.11. The first-order valence-electron chi connectivity index (χ1n) is 9.69. The Kier molecular flexibility index (Phi) is 5.51. The highest BCUT2D eigenvalue weighted by atomic mass is 16.7. The average molecular weight is 393 g/mol. The molecule has 6 heteroatoms. The molecule has 4 rings (SSSR count). The quantitative estimate of drug-likeness (QED) is 0.671. The number of imide groups is 1. The largest absolute Gasteiger partial charge is 0.454 e. The first-order chi connectivity index (χ1) is 14.2. The lowest BCUT2D eigenvalue weighted by Gasteiger charge is -2.24. The van der Waals surface area contributed by atoms with Gasteiger partial charge >= 0.3 is 6.09 Å². The van der Waals surface area contributed by atoms with Gasteiger partial charge in [0.1, 0.15) is 6.61 Å². The van der Waals surface area contributed by atoms with E-state index in [0.29, 0.717) is 30.8 Å². The van der Waals surface area contributed by atoms with Crippen molar-refractivity contribution in [3.05, 3.63) is 72.3 Å². The monoisotopic (exact) mass is 393 g/mol. The van der Waals surface area contributed by atoms with Crippen LogP contribution in [-0.2, 0) is 22.4 Å².